The number of nitrogens with zero attached hydrogens (tertiary/aromatic N) is 2. The van der Waals surface area contributed by atoms with Gasteiger partial charge in [-0.15, -0.1) is 6.58 Å². The molecule has 5 rings (SSSR count). The highest BCUT2D eigenvalue weighted by Crippen LogP contribution is 2.65. The molecule has 3 fully saturated rings. The summed E-state index contributed by atoms with van der Waals surface area (Å²) >= 11 is 0. The largest absolute Gasteiger partial charge is 0.346 e. The Balaban J connectivity index is 1.34. The zero-order valence-electron chi connectivity index (χ0n) is 32.8. The van der Waals surface area contributed by atoms with Crippen LogP contribution in [0.1, 0.15) is 98.5 Å². The molecule has 5 amide bonds. The fourth-order valence-electron chi connectivity index (χ4n) is 8.84. The molecule has 1 saturated heterocycles. The molecule has 4 aliphatic rings. The number of likely N-dealkylation sites (tertiary alicyclic amines) is 1. The molecule has 1 aromatic carbocycles. The van der Waals surface area contributed by atoms with Gasteiger partial charge < -0.3 is 26.2 Å². The highest BCUT2D eigenvalue weighted by atomic mass is 32.2. The van der Waals surface area contributed by atoms with Crippen molar-refractivity contribution in [2.75, 3.05) is 19.6 Å². The number of Topliss-reactive ketones (excluding diaryl/α,β-unsaturated/α-hetero) is 1. The van der Waals surface area contributed by atoms with Crippen molar-refractivity contribution < 1.29 is 32.4 Å². The van der Waals surface area contributed by atoms with Crippen molar-refractivity contribution in [3.63, 3.8) is 0 Å². The number of urea groups is 1. The third-order valence-corrected chi connectivity index (χ3v) is 14.0. The van der Waals surface area contributed by atoms with Crippen molar-refractivity contribution in [1.29, 1.82) is 0 Å². The molecule has 54 heavy (non-hydrogen) atoms. The highest BCUT2D eigenvalue weighted by molar-refractivity contribution is 7.89. The Kier molecular flexibility index (Phi) is 12.7. The number of carbonyl (C=O) groups excluding carboxylic acids is 5. The zero-order chi connectivity index (χ0) is 39.6. The lowest BCUT2D eigenvalue weighted by molar-refractivity contribution is -0.145. The molecule has 4 N–H and O–H groups in total. The Morgan fingerprint density at radius 1 is 1.02 bits per heavy atom. The van der Waals surface area contributed by atoms with Gasteiger partial charge in [-0.2, -0.15) is 4.31 Å². The van der Waals surface area contributed by atoms with E-state index in [0.29, 0.717) is 13.0 Å². The topological polar surface area (TPSA) is 174 Å². The van der Waals surface area contributed by atoms with E-state index in [2.05, 4.69) is 41.7 Å². The molecule has 2 saturated carbocycles. The lowest BCUT2D eigenvalue weighted by Crippen LogP contribution is -2.62. The van der Waals surface area contributed by atoms with E-state index in [0.717, 1.165) is 44.1 Å². The summed E-state index contributed by atoms with van der Waals surface area (Å²) in [5, 5.41) is 11.4. The van der Waals surface area contributed by atoms with Gasteiger partial charge in [0.2, 0.25) is 27.6 Å². The summed E-state index contributed by atoms with van der Waals surface area (Å²) in [5.41, 5.74) is -0.250. The molecule has 2 heterocycles. The second-order valence-corrected chi connectivity index (χ2v) is 19.2. The number of carbonyl (C=O) groups is 5. The summed E-state index contributed by atoms with van der Waals surface area (Å²) in [6.07, 6.45) is 7.88. The van der Waals surface area contributed by atoms with Gasteiger partial charge in [-0.25, -0.2) is 13.2 Å². The standard InChI is InChI=1S/C40H60N6O7S/c1-8-10-19-28(33(47)36(49)41-21-9-2)42-35(48)32-31-27(40(31,6)7)23-46(32)37(50)34(39(3,4)5)44-38(51)43-29(25-16-12-11-13-17-25)24-45-22-26-18-14-15-20-30(26)54(45,52)53/h9,14-15,18,20,25,27-29,31-32,34H,2,8,10-13,16-17,19,21-24H2,1,3-7H3,(H,41,49)(H,42,48)(H2,43,44,51)/t27-,28?,29+,31-,32-,34+/m0/s1. The predicted octanol–water partition coefficient (Wildman–Crippen LogP) is 3.88. The first kappa shape index (κ1) is 41.4. The van der Waals surface area contributed by atoms with Gasteiger partial charge in [0.05, 0.1) is 10.9 Å². The second kappa shape index (κ2) is 16.5. The van der Waals surface area contributed by atoms with Gasteiger partial charge in [0.25, 0.3) is 5.91 Å². The highest BCUT2D eigenvalue weighted by Gasteiger charge is 2.70. The molecular weight excluding hydrogens is 709 g/mol. The summed E-state index contributed by atoms with van der Waals surface area (Å²) < 4.78 is 28.4. The third-order valence-electron chi connectivity index (χ3n) is 12.1. The van der Waals surface area contributed by atoms with E-state index in [1.165, 1.54) is 15.3 Å². The van der Waals surface area contributed by atoms with E-state index in [-0.39, 0.29) is 54.1 Å². The quantitative estimate of drug-likeness (QED) is 0.155. The summed E-state index contributed by atoms with van der Waals surface area (Å²) in [6, 6.07) is 2.93. The van der Waals surface area contributed by atoms with Crippen molar-refractivity contribution in [1.82, 2.24) is 30.5 Å². The van der Waals surface area contributed by atoms with Crippen molar-refractivity contribution in [2.24, 2.45) is 28.6 Å². The number of unbranched alkanes of at least 4 members (excludes halogenated alkanes) is 1. The number of rotatable bonds is 15. The van der Waals surface area contributed by atoms with Crippen molar-refractivity contribution in [2.45, 2.75) is 129 Å². The van der Waals surface area contributed by atoms with Crippen LogP contribution < -0.4 is 21.3 Å². The Bertz CT molecular complexity index is 1720. The molecule has 0 aromatic heterocycles. The smallest absolute Gasteiger partial charge is 0.315 e. The molecular formula is C40H60N6O7S. The van der Waals surface area contributed by atoms with E-state index >= 15 is 0 Å². The van der Waals surface area contributed by atoms with E-state index in [1.807, 2.05) is 39.8 Å². The molecule has 0 radical (unpaired) electrons. The predicted molar refractivity (Wildman–Crippen MR) is 205 cm³/mol. The average Bonchev–Trinajstić information content (AvgIpc) is 3.38. The van der Waals surface area contributed by atoms with Crippen LogP contribution in [0.2, 0.25) is 0 Å². The van der Waals surface area contributed by atoms with Crippen LogP contribution in [0.4, 0.5) is 4.79 Å². The summed E-state index contributed by atoms with van der Waals surface area (Å²) in [5.74, 6) is -2.49. The van der Waals surface area contributed by atoms with Gasteiger partial charge in [-0.3, -0.25) is 19.2 Å². The van der Waals surface area contributed by atoms with Crippen LogP contribution in [-0.4, -0.2) is 91.0 Å². The number of piperidine rings is 1. The fraction of sp³-hybridized carbons (Fsp3) is 0.675. The van der Waals surface area contributed by atoms with Crippen molar-refractivity contribution in [3.8, 4) is 0 Å². The number of hydrogen-bond donors (Lipinski definition) is 4. The molecule has 298 valence electrons. The summed E-state index contributed by atoms with van der Waals surface area (Å²) in [7, 11) is -3.72. The number of benzene rings is 1. The van der Waals surface area contributed by atoms with Gasteiger partial charge in [-0.05, 0) is 59.5 Å². The molecule has 6 atom stereocenters. The number of ketones is 1. The maximum atomic E-state index is 14.6. The Hall–Kier alpha value is -3.78. The van der Waals surface area contributed by atoms with Crippen LogP contribution in [0.5, 0.6) is 0 Å². The lowest BCUT2D eigenvalue weighted by atomic mass is 9.83. The number of sulfonamides is 1. The van der Waals surface area contributed by atoms with Crippen LogP contribution in [0, 0.1) is 28.6 Å². The van der Waals surface area contributed by atoms with Crippen LogP contribution in [0.25, 0.3) is 0 Å². The van der Waals surface area contributed by atoms with Crippen LogP contribution in [-0.2, 0) is 35.7 Å². The van der Waals surface area contributed by atoms with E-state index < -0.39 is 69.1 Å². The average molecular weight is 769 g/mol. The number of hydrogen-bond acceptors (Lipinski definition) is 7. The van der Waals surface area contributed by atoms with E-state index in [9.17, 15) is 32.4 Å². The molecule has 14 heteroatoms. The fourth-order valence-corrected chi connectivity index (χ4v) is 10.5. The second-order valence-electron chi connectivity index (χ2n) is 17.3. The number of fused-ring (bicyclic) bond motifs is 2. The summed E-state index contributed by atoms with van der Waals surface area (Å²) in [4.78, 5) is 70.3. The first-order chi connectivity index (χ1) is 25.4. The van der Waals surface area contributed by atoms with Gasteiger partial charge in [0, 0.05) is 32.2 Å². The normalized spacial score (nSPS) is 24.6. The molecule has 0 bridgehead atoms. The van der Waals surface area contributed by atoms with Crippen molar-refractivity contribution >= 4 is 39.6 Å². The maximum Gasteiger partial charge on any atom is 0.315 e. The molecule has 2 aliphatic carbocycles. The Morgan fingerprint density at radius 2 is 1.70 bits per heavy atom. The molecule has 2 aliphatic heterocycles. The minimum absolute atomic E-state index is 0.0505. The minimum atomic E-state index is -3.72. The molecule has 1 unspecified atom stereocenters. The summed E-state index contributed by atoms with van der Waals surface area (Å²) in [6.45, 7) is 16.0. The van der Waals surface area contributed by atoms with E-state index in [1.54, 1.807) is 12.1 Å². The first-order valence-electron chi connectivity index (χ1n) is 19.6. The Morgan fingerprint density at radius 3 is 2.33 bits per heavy atom. The van der Waals surface area contributed by atoms with Gasteiger partial charge >= 0.3 is 6.03 Å². The lowest BCUT2D eigenvalue weighted by Gasteiger charge is -2.38. The molecule has 0 spiro atoms. The molecule has 1 aromatic rings. The first-order valence-corrected chi connectivity index (χ1v) is 21.1. The van der Waals surface area contributed by atoms with Crippen LogP contribution in [0.3, 0.4) is 0 Å². The van der Waals surface area contributed by atoms with Crippen LogP contribution >= 0.6 is 0 Å². The number of nitrogens with one attached hydrogen (secondary N) is 4. The SMILES string of the molecule is C=CCNC(=O)C(=O)C(CCCC)NC(=O)[C@@H]1[C@@H]2[C@H](CN1C(=O)[C@@H](NC(=O)N[C@H](CN1Cc3ccccc3S1(=O)=O)C1CCCCC1)C(C)(C)C)C2(C)C. The molecule has 13 nitrogen and oxygen atoms in total. The van der Waals surface area contributed by atoms with Gasteiger partial charge in [-0.1, -0.05) is 97.9 Å². The zero-order valence-corrected chi connectivity index (χ0v) is 33.6. The van der Waals surface area contributed by atoms with Gasteiger partial charge in [0.1, 0.15) is 12.1 Å². The monoisotopic (exact) mass is 768 g/mol. The van der Waals surface area contributed by atoms with E-state index in [4.69, 9.17) is 0 Å². The van der Waals surface area contributed by atoms with Crippen LogP contribution in [0.15, 0.2) is 41.8 Å². The third kappa shape index (κ3) is 8.69. The maximum absolute atomic E-state index is 14.6. The number of amides is 5. The van der Waals surface area contributed by atoms with Gasteiger partial charge in [0.15, 0.2) is 0 Å². The Labute approximate surface area is 320 Å². The minimum Gasteiger partial charge on any atom is -0.346 e. The van der Waals surface area contributed by atoms with Crippen molar-refractivity contribution in [3.05, 3.63) is 42.5 Å².